The molecule has 2 fully saturated rings. The van der Waals surface area contributed by atoms with Gasteiger partial charge in [0.2, 0.25) is 0 Å². The first kappa shape index (κ1) is 10.2. The van der Waals surface area contributed by atoms with Crippen molar-refractivity contribution in [3.63, 3.8) is 0 Å². The maximum absolute atomic E-state index is 4.62. The van der Waals surface area contributed by atoms with Gasteiger partial charge in [-0.1, -0.05) is 35.6 Å². The molecule has 3 nitrogen and oxygen atoms in total. The van der Waals surface area contributed by atoms with Gasteiger partial charge in [0.05, 0.1) is 17.8 Å². The molecule has 96 valence electrons. The molecular formula is C16H17N3. The lowest BCUT2D eigenvalue weighted by atomic mass is 9.76. The number of benzene rings is 1. The van der Waals surface area contributed by atoms with Gasteiger partial charge in [-0.3, -0.25) is 0 Å². The fourth-order valence-electron chi connectivity index (χ4n) is 4.99. The second kappa shape index (κ2) is 3.47. The van der Waals surface area contributed by atoms with Gasteiger partial charge in [0, 0.05) is 0 Å². The maximum Gasteiger partial charge on any atom is 0.0988 e. The van der Waals surface area contributed by atoms with Gasteiger partial charge < -0.3 is 0 Å². The van der Waals surface area contributed by atoms with Crippen molar-refractivity contribution in [1.82, 2.24) is 0 Å². The minimum Gasteiger partial charge on any atom is -0.242 e. The Morgan fingerprint density at radius 3 is 2.84 bits per heavy atom. The van der Waals surface area contributed by atoms with Gasteiger partial charge in [0.15, 0.2) is 0 Å². The van der Waals surface area contributed by atoms with Gasteiger partial charge in [0.1, 0.15) is 0 Å². The molecule has 0 amide bonds. The fraction of sp³-hybridized carbons (Fsp3) is 0.500. The van der Waals surface area contributed by atoms with Crippen LogP contribution in [0, 0.1) is 23.7 Å². The molecular weight excluding hydrogens is 234 g/mol. The first-order valence-electron chi connectivity index (χ1n) is 7.35. The van der Waals surface area contributed by atoms with Crippen molar-refractivity contribution in [2.75, 3.05) is 5.01 Å². The van der Waals surface area contributed by atoms with E-state index in [4.69, 9.17) is 0 Å². The molecule has 5 rings (SSSR count). The number of anilines is 1. The highest BCUT2D eigenvalue weighted by Crippen LogP contribution is 2.60. The lowest BCUT2D eigenvalue weighted by Crippen LogP contribution is -2.44. The monoisotopic (exact) mass is 251 g/mol. The first-order valence-corrected chi connectivity index (χ1v) is 7.35. The van der Waals surface area contributed by atoms with Crippen LogP contribution in [0.1, 0.15) is 12.8 Å². The standard InChI is InChI=1S/C16H17N3/c1-2-5-10(6-3-1)19-16-14-9-13(15(16)17-18-19)11-7-4-8-12(11)14/h1-6,8,11-16H,7,9H2/t11-,12-,13-,14+,15-,16-/m0/s1. The average molecular weight is 251 g/mol. The molecule has 3 heteroatoms. The van der Waals surface area contributed by atoms with Crippen LogP contribution in [0.15, 0.2) is 52.8 Å². The summed E-state index contributed by atoms with van der Waals surface area (Å²) in [5, 5.41) is 11.3. The summed E-state index contributed by atoms with van der Waals surface area (Å²) in [5.74, 6) is 3.18. The van der Waals surface area contributed by atoms with E-state index in [-0.39, 0.29) is 0 Å². The molecule has 6 atom stereocenters. The van der Waals surface area contributed by atoms with Crippen LogP contribution < -0.4 is 5.01 Å². The van der Waals surface area contributed by atoms with E-state index in [0.717, 1.165) is 23.7 Å². The van der Waals surface area contributed by atoms with Crippen LogP contribution in [0.4, 0.5) is 5.69 Å². The summed E-state index contributed by atoms with van der Waals surface area (Å²) in [6.07, 6.45) is 7.49. The smallest absolute Gasteiger partial charge is 0.0988 e. The van der Waals surface area contributed by atoms with Crippen LogP contribution in [-0.2, 0) is 0 Å². The molecule has 0 spiro atoms. The predicted molar refractivity (Wildman–Crippen MR) is 73.7 cm³/mol. The Kier molecular flexibility index (Phi) is 1.86. The van der Waals surface area contributed by atoms with E-state index < -0.39 is 0 Å². The molecule has 19 heavy (non-hydrogen) atoms. The molecule has 0 N–H and O–H groups in total. The summed E-state index contributed by atoms with van der Waals surface area (Å²) < 4.78 is 0. The molecule has 3 aliphatic carbocycles. The summed E-state index contributed by atoms with van der Waals surface area (Å²) in [7, 11) is 0. The number of para-hydroxylation sites is 1. The summed E-state index contributed by atoms with van der Waals surface area (Å²) in [4.78, 5) is 0. The van der Waals surface area contributed by atoms with Crippen LogP contribution in [0.2, 0.25) is 0 Å². The van der Waals surface area contributed by atoms with Crippen molar-refractivity contribution in [1.29, 1.82) is 0 Å². The Balaban J connectivity index is 1.53. The van der Waals surface area contributed by atoms with Gasteiger partial charge in [-0.15, -0.1) is 0 Å². The molecule has 0 unspecified atom stereocenters. The Morgan fingerprint density at radius 1 is 1.05 bits per heavy atom. The number of fused-ring (bicyclic) bond motifs is 8. The van der Waals surface area contributed by atoms with Crippen LogP contribution >= 0.6 is 0 Å². The van der Waals surface area contributed by atoms with E-state index in [9.17, 15) is 0 Å². The topological polar surface area (TPSA) is 28.0 Å². The zero-order valence-electron chi connectivity index (χ0n) is 10.8. The minimum absolute atomic E-state index is 0.450. The Hall–Kier alpha value is -1.64. The normalized spacial score (nSPS) is 44.9. The third-order valence-corrected chi connectivity index (χ3v) is 5.66. The molecule has 4 aliphatic rings. The Labute approximate surface area is 113 Å². The number of nitrogens with zero attached hydrogens (tertiary/aromatic N) is 3. The lowest BCUT2D eigenvalue weighted by molar-refractivity contribution is 0.238. The molecule has 2 saturated carbocycles. The molecule has 1 aromatic carbocycles. The van der Waals surface area contributed by atoms with E-state index in [1.165, 1.54) is 18.5 Å². The molecule has 0 aromatic heterocycles. The number of rotatable bonds is 1. The fourth-order valence-corrected chi connectivity index (χ4v) is 4.99. The predicted octanol–water partition coefficient (Wildman–Crippen LogP) is 3.45. The van der Waals surface area contributed by atoms with Crippen molar-refractivity contribution in [3.05, 3.63) is 42.5 Å². The first-order chi connectivity index (χ1) is 9.43. The van der Waals surface area contributed by atoms with Crippen LogP contribution in [0.5, 0.6) is 0 Å². The third kappa shape index (κ3) is 1.18. The molecule has 1 aliphatic heterocycles. The zero-order valence-corrected chi connectivity index (χ0v) is 10.8. The Morgan fingerprint density at radius 2 is 1.95 bits per heavy atom. The minimum atomic E-state index is 0.450. The van der Waals surface area contributed by atoms with Gasteiger partial charge in [-0.2, -0.15) is 5.11 Å². The lowest BCUT2D eigenvalue weighted by Gasteiger charge is -2.35. The van der Waals surface area contributed by atoms with Gasteiger partial charge >= 0.3 is 0 Å². The number of hydrogen-bond donors (Lipinski definition) is 0. The van der Waals surface area contributed by atoms with Crippen LogP contribution in [0.3, 0.4) is 0 Å². The molecule has 1 aromatic rings. The van der Waals surface area contributed by atoms with E-state index >= 15 is 0 Å². The summed E-state index contributed by atoms with van der Waals surface area (Å²) in [5.41, 5.74) is 1.20. The highest BCUT2D eigenvalue weighted by atomic mass is 15.6. The third-order valence-electron chi connectivity index (χ3n) is 5.66. The van der Waals surface area contributed by atoms with Gasteiger partial charge in [-0.05, 0) is 48.6 Å². The maximum atomic E-state index is 4.62. The second-order valence-electron chi connectivity index (χ2n) is 6.33. The van der Waals surface area contributed by atoms with Crippen molar-refractivity contribution >= 4 is 5.69 Å². The van der Waals surface area contributed by atoms with E-state index in [0.29, 0.717) is 12.1 Å². The second-order valence-corrected chi connectivity index (χ2v) is 6.33. The van der Waals surface area contributed by atoms with E-state index in [1.54, 1.807) is 0 Å². The SMILES string of the molecule is C1=C[C@@H]2[C@H]3C[C@@H]([C@H]2C1)[C@@H]1N=NN(c2ccccc2)[C@@H]31. The largest absolute Gasteiger partial charge is 0.242 e. The van der Waals surface area contributed by atoms with Gasteiger partial charge in [-0.25, -0.2) is 5.01 Å². The number of hydrogen-bond acceptors (Lipinski definition) is 3. The van der Waals surface area contributed by atoms with Crippen molar-refractivity contribution in [2.45, 2.75) is 24.9 Å². The Bertz CT molecular complexity index is 565. The summed E-state index contributed by atoms with van der Waals surface area (Å²) >= 11 is 0. The summed E-state index contributed by atoms with van der Waals surface area (Å²) in [6, 6.07) is 11.5. The molecule has 2 bridgehead atoms. The number of allylic oxidation sites excluding steroid dienone is 2. The molecule has 0 saturated heterocycles. The van der Waals surface area contributed by atoms with Crippen LogP contribution in [-0.4, -0.2) is 12.1 Å². The van der Waals surface area contributed by atoms with E-state index in [1.807, 2.05) is 0 Å². The zero-order chi connectivity index (χ0) is 12.4. The summed E-state index contributed by atoms with van der Waals surface area (Å²) in [6.45, 7) is 0. The molecule has 0 radical (unpaired) electrons. The van der Waals surface area contributed by atoms with Gasteiger partial charge in [0.25, 0.3) is 0 Å². The van der Waals surface area contributed by atoms with Crippen LogP contribution in [0.25, 0.3) is 0 Å². The highest BCUT2D eigenvalue weighted by molar-refractivity contribution is 5.48. The van der Waals surface area contributed by atoms with Crippen molar-refractivity contribution in [3.8, 4) is 0 Å². The average Bonchev–Trinajstić information content (AvgIpc) is 3.17. The van der Waals surface area contributed by atoms with Crippen molar-refractivity contribution in [2.24, 2.45) is 34.0 Å². The van der Waals surface area contributed by atoms with Crippen molar-refractivity contribution < 1.29 is 0 Å². The highest BCUT2D eigenvalue weighted by Gasteiger charge is 2.61. The molecule has 1 heterocycles. The van der Waals surface area contributed by atoms with E-state index in [2.05, 4.69) is 57.8 Å². The quantitative estimate of drug-likeness (QED) is 0.702.